The summed E-state index contributed by atoms with van der Waals surface area (Å²) in [5.41, 5.74) is 5.95. The van der Waals surface area contributed by atoms with E-state index >= 15 is 0 Å². The highest BCUT2D eigenvalue weighted by Crippen LogP contribution is 2.25. The molecule has 1 aromatic heterocycles. The number of nitrogens with zero attached hydrogens (tertiary/aromatic N) is 1. The third kappa shape index (κ3) is 1.43. The second-order valence-electron chi connectivity index (χ2n) is 3.68. The van der Waals surface area contributed by atoms with Crippen LogP contribution >= 0.6 is 0 Å². The topological polar surface area (TPSA) is 28.7 Å². The van der Waals surface area contributed by atoms with Crippen molar-refractivity contribution in [3.63, 3.8) is 0 Å². The minimum Gasteiger partial charge on any atom is -0.282 e. The third-order valence-corrected chi connectivity index (χ3v) is 2.43. The lowest BCUT2D eigenvalue weighted by molar-refractivity contribution is 1.02. The monoisotopic (exact) mass is 186 g/mol. The van der Waals surface area contributed by atoms with E-state index in [-0.39, 0.29) is 0 Å². The summed E-state index contributed by atoms with van der Waals surface area (Å²) in [4.78, 5) is 0. The zero-order valence-electron chi connectivity index (χ0n) is 8.76. The first kappa shape index (κ1) is 9.00. The summed E-state index contributed by atoms with van der Waals surface area (Å²) >= 11 is 0. The number of rotatable bonds is 1. The number of hydrogen-bond acceptors (Lipinski definition) is 1. The van der Waals surface area contributed by atoms with E-state index in [0.29, 0.717) is 0 Å². The number of aromatic nitrogens is 2. The summed E-state index contributed by atoms with van der Waals surface area (Å²) in [5.74, 6) is 0. The maximum absolute atomic E-state index is 4.20. The summed E-state index contributed by atoms with van der Waals surface area (Å²) in [6, 6.07) is 8.49. The third-order valence-electron chi connectivity index (χ3n) is 2.43. The number of hydrogen-bond donors (Lipinski definition) is 1. The molecule has 0 bridgehead atoms. The molecular formula is C12H14N2. The fourth-order valence-electron chi connectivity index (χ4n) is 1.78. The highest BCUT2D eigenvalue weighted by Gasteiger charge is 2.07. The first-order valence-corrected chi connectivity index (χ1v) is 4.77. The van der Waals surface area contributed by atoms with Crippen molar-refractivity contribution in [2.75, 3.05) is 0 Å². The molecule has 1 aromatic carbocycles. The lowest BCUT2D eigenvalue weighted by atomic mass is 10.0. The van der Waals surface area contributed by atoms with Gasteiger partial charge in [-0.15, -0.1) is 0 Å². The van der Waals surface area contributed by atoms with Gasteiger partial charge in [0.1, 0.15) is 0 Å². The summed E-state index contributed by atoms with van der Waals surface area (Å²) in [5, 5.41) is 7.20. The number of aryl methyl sites for hydroxylation is 3. The van der Waals surface area contributed by atoms with Gasteiger partial charge >= 0.3 is 0 Å². The van der Waals surface area contributed by atoms with Crippen LogP contribution in [0.1, 0.15) is 17.0 Å². The average molecular weight is 186 g/mol. The van der Waals surface area contributed by atoms with E-state index in [0.717, 1.165) is 11.4 Å². The average Bonchev–Trinajstić information content (AvgIpc) is 2.46. The van der Waals surface area contributed by atoms with Gasteiger partial charge in [0.2, 0.25) is 0 Å². The van der Waals surface area contributed by atoms with Gasteiger partial charge < -0.3 is 0 Å². The van der Waals surface area contributed by atoms with Crippen LogP contribution in [0.2, 0.25) is 0 Å². The van der Waals surface area contributed by atoms with Crippen LogP contribution in [0.3, 0.4) is 0 Å². The zero-order chi connectivity index (χ0) is 10.1. The molecular weight excluding hydrogens is 172 g/mol. The minimum absolute atomic E-state index is 1.06. The van der Waals surface area contributed by atoms with Crippen LogP contribution < -0.4 is 0 Å². The summed E-state index contributed by atoms with van der Waals surface area (Å²) in [6.07, 6.45) is 0. The second-order valence-corrected chi connectivity index (χ2v) is 3.68. The van der Waals surface area contributed by atoms with E-state index in [1.807, 2.05) is 6.92 Å². The molecule has 0 fully saturated rings. The van der Waals surface area contributed by atoms with Gasteiger partial charge in [0.25, 0.3) is 0 Å². The Morgan fingerprint density at radius 1 is 1.14 bits per heavy atom. The molecule has 0 saturated heterocycles. The molecule has 2 aromatic rings. The van der Waals surface area contributed by atoms with E-state index in [1.165, 1.54) is 16.7 Å². The molecule has 0 spiro atoms. The smallest absolute Gasteiger partial charge is 0.0672 e. The summed E-state index contributed by atoms with van der Waals surface area (Å²) < 4.78 is 0. The number of benzene rings is 1. The molecule has 0 radical (unpaired) electrons. The predicted molar refractivity (Wildman–Crippen MR) is 58.2 cm³/mol. The lowest BCUT2D eigenvalue weighted by Gasteiger charge is -2.02. The van der Waals surface area contributed by atoms with Gasteiger partial charge in [-0.2, -0.15) is 5.10 Å². The fourth-order valence-corrected chi connectivity index (χ4v) is 1.78. The van der Waals surface area contributed by atoms with Crippen molar-refractivity contribution in [1.29, 1.82) is 0 Å². The first-order chi connectivity index (χ1) is 6.68. The van der Waals surface area contributed by atoms with Crippen molar-refractivity contribution in [1.82, 2.24) is 10.2 Å². The van der Waals surface area contributed by atoms with E-state index in [1.54, 1.807) is 0 Å². The molecule has 72 valence electrons. The highest BCUT2D eigenvalue weighted by atomic mass is 15.1. The molecule has 0 atom stereocenters. The Balaban J connectivity index is 2.59. The predicted octanol–water partition coefficient (Wildman–Crippen LogP) is 3.00. The molecule has 2 nitrogen and oxygen atoms in total. The quantitative estimate of drug-likeness (QED) is 0.728. The first-order valence-electron chi connectivity index (χ1n) is 4.77. The van der Waals surface area contributed by atoms with Gasteiger partial charge in [-0.1, -0.05) is 29.8 Å². The largest absolute Gasteiger partial charge is 0.282 e. The molecule has 0 amide bonds. The van der Waals surface area contributed by atoms with Crippen molar-refractivity contribution >= 4 is 0 Å². The van der Waals surface area contributed by atoms with E-state index in [9.17, 15) is 0 Å². The Morgan fingerprint density at radius 3 is 2.50 bits per heavy atom. The summed E-state index contributed by atoms with van der Waals surface area (Å²) in [7, 11) is 0. The Bertz CT molecular complexity index is 436. The molecule has 2 rings (SSSR count). The van der Waals surface area contributed by atoms with Crippen LogP contribution in [0, 0.1) is 20.8 Å². The van der Waals surface area contributed by atoms with Gasteiger partial charge in [-0.05, 0) is 26.3 Å². The summed E-state index contributed by atoms with van der Waals surface area (Å²) in [6.45, 7) is 6.19. The van der Waals surface area contributed by atoms with Gasteiger partial charge in [0, 0.05) is 11.3 Å². The van der Waals surface area contributed by atoms with Crippen molar-refractivity contribution in [2.45, 2.75) is 20.8 Å². The fraction of sp³-hybridized carbons (Fsp3) is 0.250. The highest BCUT2D eigenvalue weighted by molar-refractivity contribution is 5.68. The molecule has 1 N–H and O–H groups in total. The maximum Gasteiger partial charge on any atom is 0.0672 e. The Hall–Kier alpha value is -1.57. The van der Waals surface area contributed by atoms with Crippen LogP contribution in [0.5, 0.6) is 0 Å². The molecule has 2 heteroatoms. The van der Waals surface area contributed by atoms with Crippen LogP contribution in [-0.4, -0.2) is 10.2 Å². The van der Waals surface area contributed by atoms with E-state index < -0.39 is 0 Å². The molecule has 14 heavy (non-hydrogen) atoms. The standard InChI is InChI=1S/C12H14N2/c1-8-5-4-6-11(7-8)12-9(2)13-14-10(12)3/h4-7H,1-3H3,(H,13,14). The van der Waals surface area contributed by atoms with E-state index in [4.69, 9.17) is 0 Å². The van der Waals surface area contributed by atoms with E-state index in [2.05, 4.69) is 48.3 Å². The van der Waals surface area contributed by atoms with Crippen LogP contribution in [0.15, 0.2) is 24.3 Å². The van der Waals surface area contributed by atoms with Crippen molar-refractivity contribution < 1.29 is 0 Å². The number of H-pyrrole nitrogens is 1. The Morgan fingerprint density at radius 2 is 1.93 bits per heavy atom. The van der Waals surface area contributed by atoms with Gasteiger partial charge in [-0.25, -0.2) is 0 Å². The number of nitrogens with one attached hydrogen (secondary N) is 1. The number of aromatic amines is 1. The van der Waals surface area contributed by atoms with Crippen LogP contribution in [0.4, 0.5) is 0 Å². The Kier molecular flexibility index (Phi) is 2.12. The molecule has 0 aliphatic heterocycles. The van der Waals surface area contributed by atoms with Crippen LogP contribution in [0.25, 0.3) is 11.1 Å². The van der Waals surface area contributed by atoms with Crippen LogP contribution in [-0.2, 0) is 0 Å². The van der Waals surface area contributed by atoms with Gasteiger partial charge in [0.05, 0.1) is 5.69 Å². The molecule has 0 aliphatic rings. The second kappa shape index (κ2) is 3.29. The molecule has 0 aliphatic carbocycles. The van der Waals surface area contributed by atoms with Crippen molar-refractivity contribution in [3.8, 4) is 11.1 Å². The molecule has 0 saturated carbocycles. The van der Waals surface area contributed by atoms with Crippen molar-refractivity contribution in [3.05, 3.63) is 41.2 Å². The SMILES string of the molecule is Cc1cccc(-c2c(C)n[nH]c2C)c1. The minimum atomic E-state index is 1.06. The normalized spacial score (nSPS) is 10.5. The van der Waals surface area contributed by atoms with Gasteiger partial charge in [-0.3, -0.25) is 5.10 Å². The molecule has 0 unspecified atom stereocenters. The Labute approximate surface area is 84.0 Å². The van der Waals surface area contributed by atoms with Gasteiger partial charge in [0.15, 0.2) is 0 Å². The maximum atomic E-state index is 4.20. The molecule has 1 heterocycles. The zero-order valence-corrected chi connectivity index (χ0v) is 8.76. The lowest BCUT2D eigenvalue weighted by Crippen LogP contribution is -1.82. The van der Waals surface area contributed by atoms with Crippen molar-refractivity contribution in [2.24, 2.45) is 0 Å².